The Morgan fingerprint density at radius 3 is 2.89 bits per heavy atom. The van der Waals surface area contributed by atoms with E-state index in [2.05, 4.69) is 15.5 Å². The first-order valence-electron chi connectivity index (χ1n) is 5.76. The molecule has 2 N–H and O–H groups in total. The summed E-state index contributed by atoms with van der Waals surface area (Å²) in [7, 11) is 1.64. The van der Waals surface area contributed by atoms with Crippen molar-refractivity contribution in [2.75, 3.05) is 25.6 Å². The van der Waals surface area contributed by atoms with E-state index in [1.54, 1.807) is 25.3 Å². The highest BCUT2D eigenvalue weighted by Crippen LogP contribution is 2.27. The van der Waals surface area contributed by atoms with E-state index in [1.165, 1.54) is 6.07 Å². The van der Waals surface area contributed by atoms with Gasteiger partial charge in [0.25, 0.3) is 0 Å². The van der Waals surface area contributed by atoms with Crippen molar-refractivity contribution >= 4 is 5.82 Å². The van der Waals surface area contributed by atoms with Gasteiger partial charge in [-0.1, -0.05) is 12.1 Å². The van der Waals surface area contributed by atoms with E-state index in [0.717, 1.165) is 11.4 Å². The number of aromatic nitrogens is 2. The third-order valence-corrected chi connectivity index (χ3v) is 2.75. The first-order chi connectivity index (χ1) is 8.74. The fourth-order valence-corrected chi connectivity index (χ4v) is 1.77. The Morgan fingerprint density at radius 2 is 2.17 bits per heavy atom. The van der Waals surface area contributed by atoms with Gasteiger partial charge in [0.1, 0.15) is 5.82 Å². The molecular formula is C13H16FN3O. The zero-order valence-electron chi connectivity index (χ0n) is 10.5. The number of aromatic amines is 1. The Kier molecular flexibility index (Phi) is 3.94. The van der Waals surface area contributed by atoms with Gasteiger partial charge in [0.2, 0.25) is 0 Å². The van der Waals surface area contributed by atoms with E-state index >= 15 is 0 Å². The molecular weight excluding hydrogens is 233 g/mol. The van der Waals surface area contributed by atoms with Crippen LogP contribution >= 0.6 is 0 Å². The molecule has 1 aromatic carbocycles. The third kappa shape index (κ3) is 2.51. The van der Waals surface area contributed by atoms with Crippen LogP contribution in [0, 0.1) is 12.7 Å². The SMILES string of the molecule is COCCNc1n[nH]c(-c2ccccc2F)c1C. The summed E-state index contributed by atoms with van der Waals surface area (Å²) >= 11 is 0. The van der Waals surface area contributed by atoms with E-state index in [0.29, 0.717) is 24.4 Å². The predicted molar refractivity (Wildman–Crippen MR) is 69.1 cm³/mol. The molecule has 0 bridgehead atoms. The number of anilines is 1. The summed E-state index contributed by atoms with van der Waals surface area (Å²) in [4.78, 5) is 0. The molecule has 0 saturated carbocycles. The summed E-state index contributed by atoms with van der Waals surface area (Å²) in [5.74, 6) is 0.470. The number of ether oxygens (including phenoxy) is 1. The predicted octanol–water partition coefficient (Wildman–Crippen LogP) is 2.58. The lowest BCUT2D eigenvalue weighted by atomic mass is 10.1. The Hall–Kier alpha value is -1.88. The van der Waals surface area contributed by atoms with Crippen LogP contribution < -0.4 is 5.32 Å². The van der Waals surface area contributed by atoms with Crippen LogP contribution in [0.4, 0.5) is 10.2 Å². The van der Waals surface area contributed by atoms with Crippen LogP contribution in [0.2, 0.25) is 0 Å². The molecule has 0 aliphatic carbocycles. The van der Waals surface area contributed by atoms with E-state index in [-0.39, 0.29) is 5.82 Å². The molecule has 5 heteroatoms. The second-order valence-electron chi connectivity index (χ2n) is 3.97. The number of benzene rings is 1. The number of H-pyrrole nitrogens is 1. The highest BCUT2D eigenvalue weighted by atomic mass is 19.1. The minimum atomic E-state index is -0.257. The molecule has 2 aromatic rings. The molecule has 0 radical (unpaired) electrons. The summed E-state index contributed by atoms with van der Waals surface area (Å²) in [6.45, 7) is 3.17. The summed E-state index contributed by atoms with van der Waals surface area (Å²) < 4.78 is 18.6. The first kappa shape index (κ1) is 12.6. The van der Waals surface area contributed by atoms with Crippen molar-refractivity contribution in [1.82, 2.24) is 10.2 Å². The fourth-order valence-electron chi connectivity index (χ4n) is 1.77. The molecule has 96 valence electrons. The zero-order chi connectivity index (χ0) is 13.0. The number of methoxy groups -OCH3 is 1. The number of hydrogen-bond acceptors (Lipinski definition) is 3. The minimum Gasteiger partial charge on any atom is -0.383 e. The molecule has 18 heavy (non-hydrogen) atoms. The van der Waals surface area contributed by atoms with Crippen LogP contribution in [0.1, 0.15) is 5.56 Å². The maximum Gasteiger partial charge on any atom is 0.151 e. The van der Waals surface area contributed by atoms with E-state index in [4.69, 9.17) is 4.74 Å². The maximum atomic E-state index is 13.7. The Labute approximate surface area is 105 Å². The van der Waals surface area contributed by atoms with Crippen molar-refractivity contribution in [3.05, 3.63) is 35.6 Å². The number of hydrogen-bond donors (Lipinski definition) is 2. The molecule has 0 aliphatic heterocycles. The molecule has 0 aliphatic rings. The normalized spacial score (nSPS) is 10.6. The van der Waals surface area contributed by atoms with Crippen molar-refractivity contribution in [1.29, 1.82) is 0 Å². The van der Waals surface area contributed by atoms with Gasteiger partial charge >= 0.3 is 0 Å². The Balaban J connectivity index is 2.23. The second kappa shape index (κ2) is 5.64. The van der Waals surface area contributed by atoms with Crippen molar-refractivity contribution in [2.24, 2.45) is 0 Å². The monoisotopic (exact) mass is 249 g/mol. The van der Waals surface area contributed by atoms with Crippen LogP contribution in [-0.4, -0.2) is 30.5 Å². The second-order valence-corrected chi connectivity index (χ2v) is 3.97. The van der Waals surface area contributed by atoms with Gasteiger partial charge in [0.05, 0.1) is 12.3 Å². The maximum absolute atomic E-state index is 13.7. The third-order valence-electron chi connectivity index (χ3n) is 2.75. The molecule has 0 saturated heterocycles. The molecule has 4 nitrogen and oxygen atoms in total. The van der Waals surface area contributed by atoms with Gasteiger partial charge in [-0.15, -0.1) is 0 Å². The number of rotatable bonds is 5. The summed E-state index contributed by atoms with van der Waals surface area (Å²) in [5.41, 5.74) is 2.13. The Bertz CT molecular complexity index is 525. The number of nitrogens with one attached hydrogen (secondary N) is 2. The summed E-state index contributed by atoms with van der Waals surface area (Å²) in [5, 5.41) is 10.1. The lowest BCUT2D eigenvalue weighted by molar-refractivity contribution is 0.210. The minimum absolute atomic E-state index is 0.257. The van der Waals surface area contributed by atoms with Crippen LogP contribution in [0.25, 0.3) is 11.3 Å². The first-order valence-corrected chi connectivity index (χ1v) is 5.76. The van der Waals surface area contributed by atoms with Gasteiger partial charge in [0.15, 0.2) is 5.82 Å². The fraction of sp³-hybridized carbons (Fsp3) is 0.308. The highest BCUT2D eigenvalue weighted by Gasteiger charge is 2.13. The van der Waals surface area contributed by atoms with E-state index in [1.807, 2.05) is 6.92 Å². The van der Waals surface area contributed by atoms with Gasteiger partial charge in [0, 0.05) is 24.8 Å². The Morgan fingerprint density at radius 1 is 1.39 bits per heavy atom. The highest BCUT2D eigenvalue weighted by molar-refractivity contribution is 5.68. The molecule has 0 spiro atoms. The molecule has 1 heterocycles. The van der Waals surface area contributed by atoms with Crippen LogP contribution in [-0.2, 0) is 4.74 Å². The van der Waals surface area contributed by atoms with Gasteiger partial charge in [-0.3, -0.25) is 5.10 Å². The van der Waals surface area contributed by atoms with Crippen molar-refractivity contribution in [3.8, 4) is 11.3 Å². The van der Waals surface area contributed by atoms with Crippen molar-refractivity contribution in [2.45, 2.75) is 6.92 Å². The lowest BCUT2D eigenvalue weighted by Gasteiger charge is -2.04. The zero-order valence-corrected chi connectivity index (χ0v) is 10.5. The summed E-state index contributed by atoms with van der Waals surface area (Å²) in [6.07, 6.45) is 0. The van der Waals surface area contributed by atoms with Crippen LogP contribution in [0.5, 0.6) is 0 Å². The average molecular weight is 249 g/mol. The van der Waals surface area contributed by atoms with Gasteiger partial charge in [-0.2, -0.15) is 5.10 Å². The van der Waals surface area contributed by atoms with Crippen molar-refractivity contribution in [3.63, 3.8) is 0 Å². The molecule has 0 fully saturated rings. The number of nitrogens with zero attached hydrogens (tertiary/aromatic N) is 1. The van der Waals surface area contributed by atoms with Gasteiger partial charge < -0.3 is 10.1 Å². The molecule has 0 unspecified atom stereocenters. The quantitative estimate of drug-likeness (QED) is 0.801. The largest absolute Gasteiger partial charge is 0.383 e. The molecule has 0 atom stereocenters. The molecule has 0 amide bonds. The van der Waals surface area contributed by atoms with E-state index in [9.17, 15) is 4.39 Å². The molecule has 1 aromatic heterocycles. The molecule has 2 rings (SSSR count). The van der Waals surface area contributed by atoms with Crippen LogP contribution in [0.15, 0.2) is 24.3 Å². The topological polar surface area (TPSA) is 49.9 Å². The van der Waals surface area contributed by atoms with Crippen molar-refractivity contribution < 1.29 is 9.13 Å². The smallest absolute Gasteiger partial charge is 0.151 e. The van der Waals surface area contributed by atoms with Gasteiger partial charge in [-0.05, 0) is 19.1 Å². The van der Waals surface area contributed by atoms with Crippen LogP contribution in [0.3, 0.4) is 0 Å². The van der Waals surface area contributed by atoms with E-state index < -0.39 is 0 Å². The average Bonchev–Trinajstić information content (AvgIpc) is 2.72. The standard InChI is InChI=1S/C13H16FN3O/c1-9-12(10-5-3-4-6-11(10)14)16-17-13(9)15-7-8-18-2/h3-6H,7-8H2,1-2H3,(H2,15,16,17). The lowest BCUT2D eigenvalue weighted by Crippen LogP contribution is -2.08. The van der Waals surface area contributed by atoms with Gasteiger partial charge in [-0.25, -0.2) is 4.39 Å². The summed E-state index contributed by atoms with van der Waals surface area (Å²) in [6, 6.07) is 6.64. The number of halogens is 1.